The number of nitrogens with zero attached hydrogens (tertiary/aromatic N) is 3. The minimum atomic E-state index is -0.167. The monoisotopic (exact) mass is 389 g/mol. The van der Waals surface area contributed by atoms with Crippen LogP contribution in [0, 0.1) is 0 Å². The fraction of sp³-hybridized carbons (Fsp3) is 0.261. The van der Waals surface area contributed by atoms with Gasteiger partial charge in [0.2, 0.25) is 0 Å². The molecule has 1 amide bonds. The van der Waals surface area contributed by atoms with Gasteiger partial charge in [-0.15, -0.1) is 0 Å². The first-order valence-electron chi connectivity index (χ1n) is 9.89. The van der Waals surface area contributed by atoms with Gasteiger partial charge in [-0.3, -0.25) is 14.2 Å². The summed E-state index contributed by atoms with van der Waals surface area (Å²) in [5.41, 5.74) is 2.69. The molecule has 0 aliphatic carbocycles. The molecule has 6 nitrogen and oxygen atoms in total. The number of aliphatic hydroxyl groups excluding tert-OH is 1. The molecule has 0 bridgehead atoms. The Morgan fingerprint density at radius 3 is 2.59 bits per heavy atom. The molecule has 148 valence electrons. The molecule has 0 saturated heterocycles. The lowest BCUT2D eigenvalue weighted by atomic mass is 10.1. The van der Waals surface area contributed by atoms with Gasteiger partial charge in [0.25, 0.3) is 11.5 Å². The molecule has 4 rings (SSSR count). The maximum Gasteiger partial charge on any atom is 0.261 e. The van der Waals surface area contributed by atoms with Gasteiger partial charge in [0.1, 0.15) is 5.82 Å². The summed E-state index contributed by atoms with van der Waals surface area (Å²) in [6, 6.07) is 14.9. The fourth-order valence-corrected chi connectivity index (χ4v) is 3.76. The van der Waals surface area contributed by atoms with Crippen LogP contribution in [0.2, 0.25) is 0 Å². The number of carbonyl (C=O) groups is 1. The predicted octanol–water partition coefficient (Wildman–Crippen LogP) is 3.08. The number of anilines is 1. The van der Waals surface area contributed by atoms with E-state index < -0.39 is 0 Å². The molecule has 1 aliphatic heterocycles. The lowest BCUT2D eigenvalue weighted by Crippen LogP contribution is -2.27. The minimum Gasteiger partial charge on any atom is -0.396 e. The van der Waals surface area contributed by atoms with Crippen LogP contribution in [-0.2, 0) is 11.3 Å². The summed E-state index contributed by atoms with van der Waals surface area (Å²) in [5, 5.41) is 9.79. The molecular formula is C23H23N3O3. The third-order valence-corrected chi connectivity index (χ3v) is 5.11. The third-order valence-electron chi connectivity index (χ3n) is 5.11. The summed E-state index contributed by atoms with van der Waals surface area (Å²) in [4.78, 5) is 32.6. The van der Waals surface area contributed by atoms with Gasteiger partial charge in [0, 0.05) is 25.3 Å². The Hall–Kier alpha value is -3.25. The van der Waals surface area contributed by atoms with Crippen molar-refractivity contribution < 1.29 is 9.90 Å². The van der Waals surface area contributed by atoms with Crippen LogP contribution in [0.4, 0.5) is 5.69 Å². The molecule has 2 aromatic carbocycles. The van der Waals surface area contributed by atoms with Crippen LogP contribution in [0.1, 0.15) is 31.2 Å². The average molecular weight is 389 g/mol. The summed E-state index contributed by atoms with van der Waals surface area (Å²) in [6.45, 7) is 2.98. The van der Waals surface area contributed by atoms with E-state index in [1.54, 1.807) is 33.7 Å². The van der Waals surface area contributed by atoms with Crippen LogP contribution < -0.4 is 10.5 Å². The number of rotatable bonds is 6. The summed E-state index contributed by atoms with van der Waals surface area (Å²) < 4.78 is 1.55. The van der Waals surface area contributed by atoms with E-state index in [1.165, 1.54) is 0 Å². The SMILES string of the molecule is CCCN1C(=O)/C(=C\c2nc3ccccc3c(=O)n2CCCO)c2ccccc21. The Kier molecular flexibility index (Phi) is 5.27. The Morgan fingerprint density at radius 2 is 1.79 bits per heavy atom. The van der Waals surface area contributed by atoms with E-state index in [0.29, 0.717) is 41.8 Å². The zero-order chi connectivity index (χ0) is 20.4. The van der Waals surface area contributed by atoms with Crippen molar-refractivity contribution in [1.29, 1.82) is 0 Å². The van der Waals surface area contributed by atoms with Gasteiger partial charge >= 0.3 is 0 Å². The Balaban J connectivity index is 1.92. The summed E-state index contributed by atoms with van der Waals surface area (Å²) in [6.07, 6.45) is 2.99. The number of carbonyl (C=O) groups excluding carboxylic acids is 1. The van der Waals surface area contributed by atoms with Gasteiger partial charge < -0.3 is 10.0 Å². The number of aliphatic hydroxyl groups is 1. The molecule has 0 atom stereocenters. The van der Waals surface area contributed by atoms with Gasteiger partial charge in [0.05, 0.1) is 22.2 Å². The molecule has 0 saturated carbocycles. The minimum absolute atomic E-state index is 0.0265. The molecule has 2 heterocycles. The number of hydrogen-bond donors (Lipinski definition) is 1. The van der Waals surface area contributed by atoms with E-state index in [9.17, 15) is 14.7 Å². The van der Waals surface area contributed by atoms with Crippen molar-refractivity contribution in [3.8, 4) is 0 Å². The van der Waals surface area contributed by atoms with E-state index >= 15 is 0 Å². The van der Waals surface area contributed by atoms with Crippen LogP contribution in [0.3, 0.4) is 0 Å². The van der Waals surface area contributed by atoms with Gasteiger partial charge in [-0.2, -0.15) is 0 Å². The zero-order valence-electron chi connectivity index (χ0n) is 16.3. The summed E-state index contributed by atoms with van der Waals surface area (Å²) in [7, 11) is 0. The van der Waals surface area contributed by atoms with Crippen LogP contribution in [-0.4, -0.2) is 33.7 Å². The molecule has 0 radical (unpaired) electrons. The highest BCUT2D eigenvalue weighted by Gasteiger charge is 2.31. The van der Waals surface area contributed by atoms with Crippen molar-refractivity contribution >= 4 is 34.1 Å². The average Bonchev–Trinajstić information content (AvgIpc) is 3.00. The predicted molar refractivity (Wildman–Crippen MR) is 115 cm³/mol. The lowest BCUT2D eigenvalue weighted by molar-refractivity contribution is -0.113. The molecule has 0 spiro atoms. The maximum atomic E-state index is 13.1. The topological polar surface area (TPSA) is 75.4 Å². The standard InChI is InChI=1S/C23H23N3O3/c1-2-12-25-20-11-6-4-8-16(20)18(23(25)29)15-21-24-19-10-5-3-9-17(19)22(28)26(21)13-7-14-27/h3-6,8-11,15,27H,2,7,12-14H2,1H3/b18-15-. The first-order valence-corrected chi connectivity index (χ1v) is 9.89. The summed E-state index contributed by atoms with van der Waals surface area (Å²) in [5.74, 6) is 0.350. The van der Waals surface area contributed by atoms with E-state index in [4.69, 9.17) is 0 Å². The van der Waals surface area contributed by atoms with Crippen molar-refractivity contribution in [1.82, 2.24) is 9.55 Å². The van der Waals surface area contributed by atoms with Crippen LogP contribution >= 0.6 is 0 Å². The van der Waals surface area contributed by atoms with Gasteiger partial charge in [-0.05, 0) is 37.1 Å². The van der Waals surface area contributed by atoms with Gasteiger partial charge in [-0.1, -0.05) is 37.3 Å². The maximum absolute atomic E-state index is 13.1. The molecule has 1 aromatic heterocycles. The fourth-order valence-electron chi connectivity index (χ4n) is 3.76. The zero-order valence-corrected chi connectivity index (χ0v) is 16.3. The van der Waals surface area contributed by atoms with E-state index in [1.807, 2.05) is 37.3 Å². The van der Waals surface area contributed by atoms with Gasteiger partial charge in [0.15, 0.2) is 0 Å². The smallest absolute Gasteiger partial charge is 0.261 e. The molecule has 0 fully saturated rings. The number of amides is 1. The highest BCUT2D eigenvalue weighted by Crippen LogP contribution is 2.37. The van der Waals surface area contributed by atoms with E-state index in [0.717, 1.165) is 17.7 Å². The van der Waals surface area contributed by atoms with Crippen molar-refractivity contribution in [2.24, 2.45) is 0 Å². The number of benzene rings is 2. The Morgan fingerprint density at radius 1 is 1.03 bits per heavy atom. The van der Waals surface area contributed by atoms with Crippen molar-refractivity contribution in [3.63, 3.8) is 0 Å². The molecule has 29 heavy (non-hydrogen) atoms. The van der Waals surface area contributed by atoms with Crippen molar-refractivity contribution in [3.05, 3.63) is 70.3 Å². The second kappa shape index (κ2) is 8.01. The number of aromatic nitrogens is 2. The highest BCUT2D eigenvalue weighted by atomic mass is 16.3. The third kappa shape index (κ3) is 3.36. The molecular weight excluding hydrogens is 366 g/mol. The van der Waals surface area contributed by atoms with Crippen molar-refractivity contribution in [2.75, 3.05) is 18.1 Å². The first-order chi connectivity index (χ1) is 14.2. The molecule has 0 unspecified atom stereocenters. The second-order valence-electron chi connectivity index (χ2n) is 7.05. The normalized spacial score (nSPS) is 14.8. The quantitative estimate of drug-likeness (QED) is 0.658. The number of hydrogen-bond acceptors (Lipinski definition) is 4. The molecule has 3 aromatic rings. The summed E-state index contributed by atoms with van der Waals surface area (Å²) >= 11 is 0. The van der Waals surface area contributed by atoms with E-state index in [2.05, 4.69) is 4.98 Å². The number of para-hydroxylation sites is 2. The van der Waals surface area contributed by atoms with Gasteiger partial charge in [-0.25, -0.2) is 4.98 Å². The van der Waals surface area contributed by atoms with Crippen LogP contribution in [0.15, 0.2) is 53.3 Å². The van der Waals surface area contributed by atoms with E-state index in [-0.39, 0.29) is 18.1 Å². The Bertz CT molecular complexity index is 1160. The lowest BCUT2D eigenvalue weighted by Gasteiger charge is -2.15. The second-order valence-corrected chi connectivity index (χ2v) is 7.05. The largest absolute Gasteiger partial charge is 0.396 e. The molecule has 1 N–H and O–H groups in total. The van der Waals surface area contributed by atoms with Crippen molar-refractivity contribution in [2.45, 2.75) is 26.3 Å². The Labute approximate surface area is 168 Å². The first kappa shape index (κ1) is 19.1. The molecule has 6 heteroatoms. The van der Waals surface area contributed by atoms with Crippen LogP contribution in [0.25, 0.3) is 22.6 Å². The molecule has 1 aliphatic rings. The van der Waals surface area contributed by atoms with Crippen LogP contribution in [0.5, 0.6) is 0 Å². The number of fused-ring (bicyclic) bond motifs is 2. The highest BCUT2D eigenvalue weighted by molar-refractivity contribution is 6.35.